The highest BCUT2D eigenvalue weighted by molar-refractivity contribution is 5.82. The summed E-state index contributed by atoms with van der Waals surface area (Å²) in [6, 6.07) is -0.103. The molecular weight excluding hydrogens is 156 g/mol. The number of nitrogens with one attached hydrogen (secondary N) is 2. The van der Waals surface area contributed by atoms with Crippen LogP contribution in [0.1, 0.15) is 19.8 Å². The SMILES string of the molecule is C[C@H](O)CNC1CCCNC1=O. The van der Waals surface area contributed by atoms with Gasteiger partial charge in [0.1, 0.15) is 0 Å². The number of carbonyl (C=O) groups excluding carboxylic acids is 1. The summed E-state index contributed by atoms with van der Waals surface area (Å²) in [5.41, 5.74) is 0. The molecule has 1 aliphatic rings. The monoisotopic (exact) mass is 172 g/mol. The third-order valence-corrected chi connectivity index (χ3v) is 1.94. The molecular formula is C8H16N2O2. The maximum absolute atomic E-state index is 11.2. The van der Waals surface area contributed by atoms with Gasteiger partial charge in [0.05, 0.1) is 12.1 Å². The Bertz CT molecular complexity index is 159. The van der Waals surface area contributed by atoms with Crippen molar-refractivity contribution in [1.29, 1.82) is 0 Å². The number of hydrogen-bond donors (Lipinski definition) is 3. The fourth-order valence-electron chi connectivity index (χ4n) is 1.28. The lowest BCUT2D eigenvalue weighted by Crippen LogP contribution is -2.49. The van der Waals surface area contributed by atoms with Crippen molar-refractivity contribution in [3.63, 3.8) is 0 Å². The van der Waals surface area contributed by atoms with Crippen molar-refractivity contribution in [1.82, 2.24) is 10.6 Å². The normalized spacial score (nSPS) is 26.5. The maximum Gasteiger partial charge on any atom is 0.237 e. The highest BCUT2D eigenvalue weighted by Crippen LogP contribution is 2.02. The number of amides is 1. The van der Waals surface area contributed by atoms with Crippen LogP contribution in [-0.4, -0.2) is 36.2 Å². The Balaban J connectivity index is 2.25. The van der Waals surface area contributed by atoms with Crippen LogP contribution in [0.4, 0.5) is 0 Å². The lowest BCUT2D eigenvalue weighted by atomic mass is 10.1. The number of piperidine rings is 1. The first-order chi connectivity index (χ1) is 5.70. The Hall–Kier alpha value is -0.610. The van der Waals surface area contributed by atoms with Crippen LogP contribution in [0.25, 0.3) is 0 Å². The highest BCUT2D eigenvalue weighted by atomic mass is 16.3. The lowest BCUT2D eigenvalue weighted by Gasteiger charge is -2.23. The van der Waals surface area contributed by atoms with Gasteiger partial charge in [-0.3, -0.25) is 4.79 Å². The minimum atomic E-state index is -0.389. The molecule has 4 heteroatoms. The van der Waals surface area contributed by atoms with Crippen LogP contribution in [0, 0.1) is 0 Å². The summed E-state index contributed by atoms with van der Waals surface area (Å²) in [4.78, 5) is 11.2. The van der Waals surface area contributed by atoms with Crippen LogP contribution < -0.4 is 10.6 Å². The predicted octanol–water partition coefficient (Wildman–Crippen LogP) is -0.765. The van der Waals surface area contributed by atoms with Gasteiger partial charge in [0.2, 0.25) is 5.91 Å². The molecule has 0 radical (unpaired) electrons. The standard InChI is InChI=1S/C8H16N2O2/c1-6(11)5-10-7-3-2-4-9-8(7)12/h6-7,10-11H,2-5H2,1H3,(H,9,12)/t6-,7?/m0/s1. The molecule has 0 bridgehead atoms. The van der Waals surface area contributed by atoms with Gasteiger partial charge >= 0.3 is 0 Å². The van der Waals surface area contributed by atoms with Gasteiger partial charge in [-0.05, 0) is 19.8 Å². The van der Waals surface area contributed by atoms with Crippen molar-refractivity contribution in [2.45, 2.75) is 31.9 Å². The van der Waals surface area contributed by atoms with Gasteiger partial charge in [0, 0.05) is 13.1 Å². The minimum Gasteiger partial charge on any atom is -0.392 e. The summed E-state index contributed by atoms with van der Waals surface area (Å²) < 4.78 is 0. The molecule has 1 unspecified atom stereocenters. The Morgan fingerprint density at radius 1 is 1.83 bits per heavy atom. The van der Waals surface area contributed by atoms with Gasteiger partial charge in [-0.25, -0.2) is 0 Å². The third-order valence-electron chi connectivity index (χ3n) is 1.94. The van der Waals surface area contributed by atoms with Crippen LogP contribution in [0.5, 0.6) is 0 Å². The number of aliphatic hydroxyl groups is 1. The third kappa shape index (κ3) is 2.79. The molecule has 1 amide bonds. The molecule has 0 aromatic rings. The molecule has 0 aromatic carbocycles. The van der Waals surface area contributed by atoms with E-state index in [2.05, 4.69) is 10.6 Å². The molecule has 0 aromatic heterocycles. The van der Waals surface area contributed by atoms with Gasteiger partial charge in [-0.15, -0.1) is 0 Å². The van der Waals surface area contributed by atoms with Crippen molar-refractivity contribution in [3.8, 4) is 0 Å². The first-order valence-electron chi connectivity index (χ1n) is 4.39. The van der Waals surface area contributed by atoms with E-state index in [0.717, 1.165) is 19.4 Å². The summed E-state index contributed by atoms with van der Waals surface area (Å²) in [5.74, 6) is 0.0573. The van der Waals surface area contributed by atoms with Gasteiger partial charge in [0.15, 0.2) is 0 Å². The zero-order valence-electron chi connectivity index (χ0n) is 7.34. The molecule has 12 heavy (non-hydrogen) atoms. The molecule has 0 spiro atoms. The van der Waals surface area contributed by atoms with Crippen LogP contribution in [0.2, 0.25) is 0 Å². The van der Waals surface area contributed by atoms with Crippen LogP contribution >= 0.6 is 0 Å². The quantitative estimate of drug-likeness (QED) is 0.524. The highest BCUT2D eigenvalue weighted by Gasteiger charge is 2.20. The molecule has 4 nitrogen and oxygen atoms in total. The van der Waals surface area contributed by atoms with E-state index < -0.39 is 0 Å². The van der Waals surface area contributed by atoms with E-state index in [1.165, 1.54) is 0 Å². The Labute approximate surface area is 72.3 Å². The van der Waals surface area contributed by atoms with Crippen molar-refractivity contribution in [2.24, 2.45) is 0 Å². The number of hydrogen-bond acceptors (Lipinski definition) is 3. The second-order valence-electron chi connectivity index (χ2n) is 3.24. The molecule has 1 saturated heterocycles. The maximum atomic E-state index is 11.2. The van der Waals surface area contributed by atoms with E-state index >= 15 is 0 Å². The number of aliphatic hydroxyl groups excluding tert-OH is 1. The van der Waals surface area contributed by atoms with Crippen LogP contribution in [-0.2, 0) is 4.79 Å². The molecule has 2 atom stereocenters. The zero-order chi connectivity index (χ0) is 8.97. The summed E-state index contributed by atoms with van der Waals surface area (Å²) in [5, 5.41) is 14.8. The summed E-state index contributed by atoms with van der Waals surface area (Å²) >= 11 is 0. The predicted molar refractivity (Wildman–Crippen MR) is 45.7 cm³/mol. The average molecular weight is 172 g/mol. The fourth-order valence-corrected chi connectivity index (χ4v) is 1.28. The molecule has 1 fully saturated rings. The Kier molecular flexibility index (Phi) is 3.49. The molecule has 1 aliphatic heterocycles. The van der Waals surface area contributed by atoms with Crippen LogP contribution in [0.15, 0.2) is 0 Å². The van der Waals surface area contributed by atoms with Crippen molar-refractivity contribution in [2.75, 3.05) is 13.1 Å². The topological polar surface area (TPSA) is 61.4 Å². The lowest BCUT2D eigenvalue weighted by molar-refractivity contribution is -0.124. The van der Waals surface area contributed by atoms with Crippen molar-refractivity contribution < 1.29 is 9.90 Å². The zero-order valence-corrected chi connectivity index (χ0v) is 7.34. The van der Waals surface area contributed by atoms with Crippen molar-refractivity contribution in [3.05, 3.63) is 0 Å². The Morgan fingerprint density at radius 2 is 2.58 bits per heavy atom. The molecule has 1 rings (SSSR count). The second kappa shape index (κ2) is 4.42. The van der Waals surface area contributed by atoms with E-state index in [1.807, 2.05) is 0 Å². The van der Waals surface area contributed by atoms with Gasteiger partial charge in [-0.2, -0.15) is 0 Å². The summed E-state index contributed by atoms with van der Waals surface area (Å²) in [6.45, 7) is 2.97. The first-order valence-corrected chi connectivity index (χ1v) is 4.39. The summed E-state index contributed by atoms with van der Waals surface area (Å²) in [6.07, 6.45) is 1.50. The average Bonchev–Trinajstić information content (AvgIpc) is 2.03. The fraction of sp³-hybridized carbons (Fsp3) is 0.875. The van der Waals surface area contributed by atoms with Gasteiger partial charge < -0.3 is 15.7 Å². The van der Waals surface area contributed by atoms with E-state index in [-0.39, 0.29) is 18.1 Å². The molecule has 3 N–H and O–H groups in total. The van der Waals surface area contributed by atoms with E-state index in [4.69, 9.17) is 5.11 Å². The largest absolute Gasteiger partial charge is 0.392 e. The van der Waals surface area contributed by atoms with Crippen LogP contribution in [0.3, 0.4) is 0 Å². The number of rotatable bonds is 3. The summed E-state index contributed by atoms with van der Waals surface area (Å²) in [7, 11) is 0. The number of carbonyl (C=O) groups is 1. The van der Waals surface area contributed by atoms with E-state index in [0.29, 0.717) is 6.54 Å². The van der Waals surface area contributed by atoms with E-state index in [1.54, 1.807) is 6.92 Å². The van der Waals surface area contributed by atoms with Gasteiger partial charge in [-0.1, -0.05) is 0 Å². The molecule has 70 valence electrons. The minimum absolute atomic E-state index is 0.0573. The molecule has 1 heterocycles. The molecule has 0 saturated carbocycles. The first kappa shape index (κ1) is 9.48. The second-order valence-corrected chi connectivity index (χ2v) is 3.24. The Morgan fingerprint density at radius 3 is 3.17 bits per heavy atom. The van der Waals surface area contributed by atoms with Gasteiger partial charge in [0.25, 0.3) is 0 Å². The van der Waals surface area contributed by atoms with E-state index in [9.17, 15) is 4.79 Å². The van der Waals surface area contributed by atoms with Crippen molar-refractivity contribution >= 4 is 5.91 Å². The molecule has 0 aliphatic carbocycles. The smallest absolute Gasteiger partial charge is 0.237 e.